The third kappa shape index (κ3) is 6.06. The Hall–Kier alpha value is -2.58. The number of nitrogens with zero attached hydrogens (tertiary/aromatic N) is 2. The number of hydrazone groups is 1. The first-order chi connectivity index (χ1) is 16.0. The minimum absolute atomic E-state index is 0.272. The molecule has 0 saturated carbocycles. The fraction of sp³-hybridized carbons (Fsp3) is 0.0833. The third-order valence-corrected chi connectivity index (χ3v) is 6.51. The molecule has 4 aromatic rings. The zero-order chi connectivity index (χ0) is 23.2. The number of anilines is 1. The lowest BCUT2D eigenvalue weighted by Gasteiger charge is -2.14. The Morgan fingerprint density at radius 3 is 2.70 bits per heavy atom. The van der Waals surface area contributed by atoms with E-state index in [9.17, 15) is 0 Å². The van der Waals surface area contributed by atoms with Gasteiger partial charge in [0.25, 0.3) is 0 Å². The molecular formula is C24H18BrCl2N3O2S. The molecule has 0 amide bonds. The van der Waals surface area contributed by atoms with Crippen molar-refractivity contribution >= 4 is 61.8 Å². The minimum atomic E-state index is 0.272. The average molecular weight is 563 g/mol. The van der Waals surface area contributed by atoms with E-state index in [0.29, 0.717) is 26.7 Å². The number of hydrogen-bond acceptors (Lipinski definition) is 6. The number of nitrogens with one attached hydrogen (secondary N) is 1. The predicted molar refractivity (Wildman–Crippen MR) is 140 cm³/mol. The van der Waals surface area contributed by atoms with E-state index in [1.54, 1.807) is 25.5 Å². The van der Waals surface area contributed by atoms with Crippen molar-refractivity contribution in [2.24, 2.45) is 5.10 Å². The molecule has 0 radical (unpaired) electrons. The van der Waals surface area contributed by atoms with E-state index in [4.69, 9.17) is 32.7 Å². The van der Waals surface area contributed by atoms with Crippen molar-refractivity contribution in [3.05, 3.63) is 91.7 Å². The highest BCUT2D eigenvalue weighted by Crippen LogP contribution is 2.37. The van der Waals surface area contributed by atoms with Gasteiger partial charge in [-0.15, -0.1) is 11.3 Å². The molecule has 0 aliphatic carbocycles. The highest BCUT2D eigenvalue weighted by atomic mass is 79.9. The summed E-state index contributed by atoms with van der Waals surface area (Å²) in [7, 11) is 1.59. The van der Waals surface area contributed by atoms with E-state index < -0.39 is 0 Å². The average Bonchev–Trinajstić information content (AvgIpc) is 3.28. The summed E-state index contributed by atoms with van der Waals surface area (Å²) in [6, 6.07) is 19.0. The van der Waals surface area contributed by atoms with Gasteiger partial charge in [0.2, 0.25) is 5.13 Å². The summed E-state index contributed by atoms with van der Waals surface area (Å²) in [5, 5.41) is 8.12. The SMILES string of the molecule is COc1cc(C=NNc2nc(-c3ccccc3)cs2)cc(Br)c1OCc1ccc(Cl)cc1Cl. The van der Waals surface area contributed by atoms with Crippen LogP contribution in [0.25, 0.3) is 11.3 Å². The van der Waals surface area contributed by atoms with Crippen LogP contribution in [-0.2, 0) is 6.61 Å². The van der Waals surface area contributed by atoms with Gasteiger partial charge in [0.15, 0.2) is 11.5 Å². The maximum absolute atomic E-state index is 6.24. The summed E-state index contributed by atoms with van der Waals surface area (Å²) in [4.78, 5) is 4.56. The van der Waals surface area contributed by atoms with Crippen LogP contribution in [0.2, 0.25) is 10.0 Å². The number of rotatable bonds is 8. The standard InChI is InChI=1S/C24H18BrCl2N3O2S/c1-31-22-10-15(9-19(25)23(22)32-13-17-7-8-18(26)11-20(17)27)12-28-30-24-29-21(14-33-24)16-5-3-2-4-6-16/h2-12,14H,13H2,1H3,(H,29,30). The maximum Gasteiger partial charge on any atom is 0.203 e. The molecule has 4 rings (SSSR count). The van der Waals surface area contributed by atoms with Crippen molar-refractivity contribution < 1.29 is 9.47 Å². The van der Waals surface area contributed by atoms with Gasteiger partial charge in [-0.1, -0.05) is 59.6 Å². The molecule has 0 unspecified atom stereocenters. The van der Waals surface area contributed by atoms with E-state index in [0.717, 1.165) is 26.9 Å². The van der Waals surface area contributed by atoms with Gasteiger partial charge in [0, 0.05) is 26.6 Å². The van der Waals surface area contributed by atoms with Crippen molar-refractivity contribution in [3.63, 3.8) is 0 Å². The maximum atomic E-state index is 6.24. The summed E-state index contributed by atoms with van der Waals surface area (Å²) in [6.07, 6.45) is 1.69. The predicted octanol–water partition coefficient (Wildman–Crippen LogP) is 7.91. The highest BCUT2D eigenvalue weighted by molar-refractivity contribution is 9.10. The van der Waals surface area contributed by atoms with Crippen LogP contribution in [0.3, 0.4) is 0 Å². The zero-order valence-electron chi connectivity index (χ0n) is 17.4. The number of halogens is 3. The highest BCUT2D eigenvalue weighted by Gasteiger charge is 2.13. The Morgan fingerprint density at radius 1 is 1.12 bits per heavy atom. The Balaban J connectivity index is 1.44. The lowest BCUT2D eigenvalue weighted by atomic mass is 10.2. The monoisotopic (exact) mass is 561 g/mol. The molecule has 33 heavy (non-hydrogen) atoms. The Morgan fingerprint density at radius 2 is 1.94 bits per heavy atom. The van der Waals surface area contributed by atoms with Crippen LogP contribution in [0.5, 0.6) is 11.5 Å². The molecule has 0 spiro atoms. The zero-order valence-corrected chi connectivity index (χ0v) is 21.3. The van der Waals surface area contributed by atoms with Crippen LogP contribution in [0.4, 0.5) is 5.13 Å². The Labute approximate surface area is 214 Å². The topological polar surface area (TPSA) is 55.7 Å². The number of ether oxygens (including phenoxy) is 2. The summed E-state index contributed by atoms with van der Waals surface area (Å²) in [5.74, 6) is 1.14. The van der Waals surface area contributed by atoms with Crippen LogP contribution in [0, 0.1) is 0 Å². The summed E-state index contributed by atoms with van der Waals surface area (Å²) < 4.78 is 12.2. The largest absolute Gasteiger partial charge is 0.493 e. The van der Waals surface area contributed by atoms with E-state index in [2.05, 4.69) is 31.4 Å². The van der Waals surface area contributed by atoms with Crippen molar-refractivity contribution in [1.82, 2.24) is 4.98 Å². The molecule has 0 aliphatic rings. The molecule has 0 bridgehead atoms. The van der Waals surface area contributed by atoms with Gasteiger partial charge in [-0.25, -0.2) is 4.98 Å². The number of methoxy groups -OCH3 is 1. The van der Waals surface area contributed by atoms with Gasteiger partial charge in [-0.3, -0.25) is 5.43 Å². The molecular weight excluding hydrogens is 545 g/mol. The molecule has 168 valence electrons. The van der Waals surface area contributed by atoms with Crippen molar-refractivity contribution in [2.75, 3.05) is 12.5 Å². The van der Waals surface area contributed by atoms with Crippen LogP contribution >= 0.6 is 50.5 Å². The smallest absolute Gasteiger partial charge is 0.203 e. The molecule has 0 aliphatic heterocycles. The van der Waals surface area contributed by atoms with E-state index in [-0.39, 0.29) is 6.61 Å². The molecule has 0 saturated heterocycles. The van der Waals surface area contributed by atoms with Crippen LogP contribution in [-0.4, -0.2) is 18.3 Å². The van der Waals surface area contributed by atoms with Gasteiger partial charge in [0.05, 0.1) is 23.5 Å². The van der Waals surface area contributed by atoms with E-state index in [1.807, 2.05) is 53.9 Å². The van der Waals surface area contributed by atoms with Gasteiger partial charge in [-0.2, -0.15) is 5.10 Å². The summed E-state index contributed by atoms with van der Waals surface area (Å²) in [5.41, 5.74) is 6.59. The van der Waals surface area contributed by atoms with Crippen LogP contribution in [0.15, 0.2) is 75.6 Å². The minimum Gasteiger partial charge on any atom is -0.493 e. The van der Waals surface area contributed by atoms with Gasteiger partial charge < -0.3 is 9.47 Å². The van der Waals surface area contributed by atoms with E-state index >= 15 is 0 Å². The molecule has 5 nitrogen and oxygen atoms in total. The Bertz CT molecular complexity index is 1280. The summed E-state index contributed by atoms with van der Waals surface area (Å²) in [6.45, 7) is 0.272. The lowest BCUT2D eigenvalue weighted by Crippen LogP contribution is -2.00. The van der Waals surface area contributed by atoms with Crippen LogP contribution < -0.4 is 14.9 Å². The second-order valence-electron chi connectivity index (χ2n) is 6.83. The van der Waals surface area contributed by atoms with Crippen molar-refractivity contribution in [2.45, 2.75) is 6.61 Å². The first-order valence-electron chi connectivity index (χ1n) is 9.78. The van der Waals surface area contributed by atoms with Gasteiger partial charge in [-0.05, 0) is 45.8 Å². The lowest BCUT2D eigenvalue weighted by molar-refractivity contribution is 0.282. The van der Waals surface area contributed by atoms with Crippen molar-refractivity contribution in [1.29, 1.82) is 0 Å². The molecule has 3 aromatic carbocycles. The first kappa shape index (κ1) is 23.6. The fourth-order valence-corrected chi connectivity index (χ4v) is 4.68. The second kappa shape index (κ2) is 11.0. The fourth-order valence-electron chi connectivity index (χ4n) is 2.97. The number of aromatic nitrogens is 1. The van der Waals surface area contributed by atoms with Crippen molar-refractivity contribution in [3.8, 4) is 22.8 Å². The van der Waals surface area contributed by atoms with E-state index in [1.165, 1.54) is 11.3 Å². The van der Waals surface area contributed by atoms with Gasteiger partial charge >= 0.3 is 0 Å². The first-order valence-corrected chi connectivity index (χ1v) is 12.2. The summed E-state index contributed by atoms with van der Waals surface area (Å²) >= 11 is 17.3. The number of hydrogen-bond donors (Lipinski definition) is 1. The number of benzene rings is 3. The number of thiazole rings is 1. The molecule has 1 aromatic heterocycles. The molecule has 0 atom stereocenters. The third-order valence-electron chi connectivity index (χ3n) is 4.59. The molecule has 9 heteroatoms. The van der Waals surface area contributed by atoms with Gasteiger partial charge in [0.1, 0.15) is 6.61 Å². The molecule has 0 fully saturated rings. The second-order valence-corrected chi connectivity index (χ2v) is 9.39. The normalized spacial score (nSPS) is 11.0. The molecule has 1 N–H and O–H groups in total. The van der Waals surface area contributed by atoms with Crippen LogP contribution in [0.1, 0.15) is 11.1 Å². The Kier molecular flexibility index (Phi) is 7.88. The molecule has 1 heterocycles. The quantitative estimate of drug-likeness (QED) is 0.175.